The first-order chi connectivity index (χ1) is 25.6. The van der Waals surface area contributed by atoms with Crippen molar-refractivity contribution < 1.29 is 64.9 Å². The standard InChI is InChI=1S/C42H70O13/c1-37(2)27(55-36-33(51)31(49)29(47)25(19-44)54-36)10-11-40(5)26-9-8-21-22-16-38(3,20-52-35-32(50)30(48)28(46)24(18-43)53-35)12-13-39(22,4)14-15-41(21,6)42(26,7)17-23(45)34(37)40/h8,22-36,43-51H,9-20H2,1-7H3/t22-,23-,24-,25-,26-,27+,28-,29-,30+,31+,32-,33-,34+,35-,36+,38-,39-,40-,41-,42-/m1/s1. The van der Waals surface area contributed by atoms with E-state index < -0.39 is 92.2 Å². The number of allylic oxidation sites excluding steroid dienone is 2. The van der Waals surface area contributed by atoms with Crippen molar-refractivity contribution in [1.29, 1.82) is 0 Å². The van der Waals surface area contributed by atoms with Gasteiger partial charge in [-0.1, -0.05) is 60.1 Å². The maximum Gasteiger partial charge on any atom is 0.186 e. The minimum absolute atomic E-state index is 0.110. The number of aliphatic hydroxyl groups is 9. The van der Waals surface area contributed by atoms with Crippen LogP contribution in [0.4, 0.5) is 0 Å². The maximum atomic E-state index is 12.4. The molecule has 13 heteroatoms. The molecule has 55 heavy (non-hydrogen) atoms. The smallest absolute Gasteiger partial charge is 0.186 e. The van der Waals surface area contributed by atoms with Gasteiger partial charge in [-0.3, -0.25) is 0 Å². The molecule has 2 aliphatic heterocycles. The van der Waals surface area contributed by atoms with Crippen molar-refractivity contribution in [2.24, 2.45) is 50.2 Å². The number of hydrogen-bond donors (Lipinski definition) is 9. The number of fused-ring (bicyclic) bond motifs is 7. The first kappa shape index (κ1) is 42.3. The average molecular weight is 783 g/mol. The molecular weight excluding hydrogens is 712 g/mol. The van der Waals surface area contributed by atoms with E-state index in [4.69, 9.17) is 18.9 Å². The summed E-state index contributed by atoms with van der Waals surface area (Å²) in [6, 6.07) is 0. The van der Waals surface area contributed by atoms with Gasteiger partial charge in [-0.25, -0.2) is 0 Å². The second kappa shape index (κ2) is 14.4. The Morgan fingerprint density at radius 1 is 0.691 bits per heavy atom. The van der Waals surface area contributed by atoms with Gasteiger partial charge >= 0.3 is 0 Å². The number of aliphatic hydroxyl groups excluding tert-OH is 9. The van der Waals surface area contributed by atoms with Gasteiger partial charge < -0.3 is 64.9 Å². The van der Waals surface area contributed by atoms with Gasteiger partial charge in [-0.05, 0) is 108 Å². The molecule has 20 atom stereocenters. The third kappa shape index (κ3) is 6.44. The molecule has 0 aromatic carbocycles. The molecule has 4 saturated carbocycles. The van der Waals surface area contributed by atoms with E-state index in [0.29, 0.717) is 31.3 Å². The van der Waals surface area contributed by atoms with Crippen LogP contribution in [0.5, 0.6) is 0 Å². The van der Waals surface area contributed by atoms with Crippen LogP contribution >= 0.6 is 0 Å². The van der Waals surface area contributed by atoms with Crippen molar-refractivity contribution in [3.63, 3.8) is 0 Å². The van der Waals surface area contributed by atoms with Crippen molar-refractivity contribution in [2.45, 2.75) is 180 Å². The average Bonchev–Trinajstić information content (AvgIpc) is 3.12. The van der Waals surface area contributed by atoms with Gasteiger partial charge in [0.2, 0.25) is 0 Å². The summed E-state index contributed by atoms with van der Waals surface area (Å²) in [5.41, 5.74) is 0.257. The van der Waals surface area contributed by atoms with Gasteiger partial charge in [-0.15, -0.1) is 0 Å². The Bertz CT molecular complexity index is 1440. The Morgan fingerprint density at radius 2 is 1.27 bits per heavy atom. The van der Waals surface area contributed by atoms with Crippen LogP contribution in [0.1, 0.15) is 106 Å². The lowest BCUT2D eigenvalue weighted by Gasteiger charge is -2.72. The van der Waals surface area contributed by atoms with E-state index in [-0.39, 0.29) is 33.0 Å². The van der Waals surface area contributed by atoms with Crippen LogP contribution in [0, 0.1) is 50.2 Å². The summed E-state index contributed by atoms with van der Waals surface area (Å²) in [5, 5.41) is 94.8. The van der Waals surface area contributed by atoms with Gasteiger partial charge in [-0.2, -0.15) is 0 Å². The predicted octanol–water partition coefficient (Wildman–Crippen LogP) is 1.76. The van der Waals surface area contributed by atoms with Gasteiger partial charge in [0.05, 0.1) is 32.0 Å². The highest BCUT2D eigenvalue weighted by Gasteiger charge is 2.70. The third-order valence-corrected chi connectivity index (χ3v) is 17.3. The Balaban J connectivity index is 1.12. The number of rotatable bonds is 7. The normalized spacial score (nSPS) is 56.4. The van der Waals surface area contributed by atoms with Gasteiger partial charge in [0.1, 0.15) is 48.8 Å². The Hall–Kier alpha value is -0.780. The van der Waals surface area contributed by atoms with Crippen molar-refractivity contribution in [2.75, 3.05) is 19.8 Å². The zero-order valence-corrected chi connectivity index (χ0v) is 33.9. The molecule has 0 unspecified atom stereocenters. The second-order valence-electron chi connectivity index (χ2n) is 20.9. The Kier molecular flexibility index (Phi) is 11.1. The Morgan fingerprint density at radius 3 is 1.89 bits per heavy atom. The van der Waals surface area contributed by atoms with Gasteiger partial charge in [0.25, 0.3) is 0 Å². The second-order valence-corrected chi connectivity index (χ2v) is 20.9. The predicted molar refractivity (Wildman–Crippen MR) is 199 cm³/mol. The fourth-order valence-electron chi connectivity index (χ4n) is 13.8. The van der Waals surface area contributed by atoms with Crippen LogP contribution in [-0.2, 0) is 18.9 Å². The van der Waals surface area contributed by atoms with Gasteiger partial charge in [0, 0.05) is 0 Å². The molecule has 0 aromatic rings. The van der Waals surface area contributed by atoms with E-state index in [0.717, 1.165) is 44.9 Å². The van der Waals surface area contributed by atoms with Crippen LogP contribution in [0.15, 0.2) is 11.6 Å². The fourth-order valence-corrected chi connectivity index (χ4v) is 13.8. The van der Waals surface area contributed by atoms with Crippen LogP contribution in [0.3, 0.4) is 0 Å². The van der Waals surface area contributed by atoms with E-state index in [2.05, 4.69) is 54.5 Å². The summed E-state index contributed by atoms with van der Waals surface area (Å²) >= 11 is 0. The molecule has 7 rings (SSSR count). The maximum absolute atomic E-state index is 12.4. The van der Waals surface area contributed by atoms with Crippen LogP contribution in [-0.4, -0.2) is 139 Å². The van der Waals surface area contributed by atoms with Crippen molar-refractivity contribution in [1.82, 2.24) is 0 Å². The molecule has 5 aliphatic carbocycles. The van der Waals surface area contributed by atoms with Crippen LogP contribution in [0.25, 0.3) is 0 Å². The molecule has 13 nitrogen and oxygen atoms in total. The number of hydrogen-bond acceptors (Lipinski definition) is 13. The molecule has 0 aromatic heterocycles. The van der Waals surface area contributed by atoms with E-state index in [9.17, 15) is 46.0 Å². The summed E-state index contributed by atoms with van der Waals surface area (Å²) in [6.45, 7) is 15.4. The zero-order chi connectivity index (χ0) is 40.3. The van der Waals surface area contributed by atoms with Crippen LogP contribution < -0.4 is 0 Å². The van der Waals surface area contributed by atoms with E-state index >= 15 is 0 Å². The summed E-state index contributed by atoms with van der Waals surface area (Å²) in [5.74, 6) is 0.470. The van der Waals surface area contributed by atoms with Crippen molar-refractivity contribution >= 4 is 0 Å². The highest BCUT2D eigenvalue weighted by atomic mass is 16.7. The minimum atomic E-state index is -1.52. The van der Waals surface area contributed by atoms with Crippen LogP contribution in [0.2, 0.25) is 0 Å². The lowest BCUT2D eigenvalue weighted by atomic mass is 9.33. The highest BCUT2D eigenvalue weighted by Crippen LogP contribution is 2.76. The first-order valence-corrected chi connectivity index (χ1v) is 20.9. The lowest BCUT2D eigenvalue weighted by molar-refractivity contribution is -0.334. The summed E-state index contributed by atoms with van der Waals surface area (Å²) in [7, 11) is 0. The molecule has 2 heterocycles. The lowest BCUT2D eigenvalue weighted by Crippen LogP contribution is -2.68. The molecular formula is C42H70O13. The largest absolute Gasteiger partial charge is 0.394 e. The Labute approximate surface area is 326 Å². The zero-order valence-electron chi connectivity index (χ0n) is 33.9. The summed E-state index contributed by atoms with van der Waals surface area (Å²) in [4.78, 5) is 0. The molecule has 7 aliphatic rings. The molecule has 0 radical (unpaired) electrons. The summed E-state index contributed by atoms with van der Waals surface area (Å²) < 4.78 is 24.1. The topological polar surface area (TPSA) is 219 Å². The van der Waals surface area contributed by atoms with Crippen molar-refractivity contribution in [3.8, 4) is 0 Å². The first-order valence-electron chi connectivity index (χ1n) is 20.9. The molecule has 0 bridgehead atoms. The molecule has 316 valence electrons. The minimum Gasteiger partial charge on any atom is -0.394 e. The SMILES string of the molecule is CC1(C)[C@@H](O[C@@H]2O[C@H](CO)[C@@H](O)[C@H](O)[C@H]2O)CC[C@]2(C)[C@H]3CC=C4[C@H]5C[C@](C)(CO[C@@H]6O[C@H](CO)[C@@H](O)[C@H](O)[C@H]6O)CC[C@]5(C)CC[C@@]4(C)[C@]3(C)C[C@@H](O)[C@@H]12. The van der Waals surface area contributed by atoms with E-state index in [1.54, 1.807) is 0 Å². The number of ether oxygens (including phenoxy) is 4. The summed E-state index contributed by atoms with van der Waals surface area (Å²) in [6.07, 6.45) is -3.81. The third-order valence-electron chi connectivity index (χ3n) is 17.3. The van der Waals surface area contributed by atoms with Crippen molar-refractivity contribution in [3.05, 3.63) is 11.6 Å². The monoisotopic (exact) mass is 782 g/mol. The molecule has 0 amide bonds. The van der Waals surface area contributed by atoms with E-state index in [1.165, 1.54) is 5.57 Å². The quantitative estimate of drug-likeness (QED) is 0.133. The van der Waals surface area contributed by atoms with Gasteiger partial charge in [0.15, 0.2) is 12.6 Å². The van der Waals surface area contributed by atoms with E-state index in [1.807, 2.05) is 0 Å². The highest BCUT2D eigenvalue weighted by molar-refractivity contribution is 5.34. The molecule has 0 spiro atoms. The fraction of sp³-hybridized carbons (Fsp3) is 0.952. The molecule has 9 N–H and O–H groups in total. The molecule has 2 saturated heterocycles. The molecule has 6 fully saturated rings.